The van der Waals surface area contributed by atoms with Crippen molar-refractivity contribution in [3.05, 3.63) is 88.5 Å². The molecule has 4 rings (SSSR count). The molecular formula is C22H14Cl2N2O2. The third-order valence-corrected chi connectivity index (χ3v) is 5.01. The highest BCUT2D eigenvalue weighted by molar-refractivity contribution is 6.35. The fourth-order valence-corrected chi connectivity index (χ4v) is 3.41. The highest BCUT2D eigenvalue weighted by atomic mass is 35.5. The van der Waals surface area contributed by atoms with Crippen molar-refractivity contribution in [3.63, 3.8) is 0 Å². The lowest BCUT2D eigenvalue weighted by Crippen LogP contribution is -2.12. The van der Waals surface area contributed by atoms with Crippen molar-refractivity contribution < 1.29 is 9.90 Å². The van der Waals surface area contributed by atoms with Crippen LogP contribution in [-0.4, -0.2) is 16.0 Å². The van der Waals surface area contributed by atoms with Gasteiger partial charge in [-0.1, -0.05) is 47.5 Å². The number of phenols is 1. The van der Waals surface area contributed by atoms with E-state index >= 15 is 0 Å². The summed E-state index contributed by atoms with van der Waals surface area (Å²) in [4.78, 5) is 17.1. The second-order valence-electron chi connectivity index (χ2n) is 6.19. The normalized spacial score (nSPS) is 10.8. The molecular weight excluding hydrogens is 395 g/mol. The number of amides is 1. The summed E-state index contributed by atoms with van der Waals surface area (Å²) in [6.07, 6.45) is 1.73. The molecule has 138 valence electrons. The lowest BCUT2D eigenvalue weighted by Gasteiger charge is -2.11. The first kappa shape index (κ1) is 18.3. The van der Waals surface area contributed by atoms with Crippen molar-refractivity contribution in [2.75, 3.05) is 5.32 Å². The summed E-state index contributed by atoms with van der Waals surface area (Å²) in [5, 5.41) is 15.2. The Hall–Kier alpha value is -3.08. The van der Waals surface area contributed by atoms with Gasteiger partial charge < -0.3 is 10.4 Å². The van der Waals surface area contributed by atoms with Gasteiger partial charge in [0.25, 0.3) is 5.91 Å². The number of carbonyl (C=O) groups excluding carboxylic acids is 1. The topological polar surface area (TPSA) is 62.2 Å². The first-order valence-corrected chi connectivity index (χ1v) is 9.22. The number of halogens is 2. The van der Waals surface area contributed by atoms with Crippen LogP contribution >= 0.6 is 23.2 Å². The van der Waals surface area contributed by atoms with Crippen LogP contribution < -0.4 is 5.32 Å². The molecule has 2 N–H and O–H groups in total. The Kier molecular flexibility index (Phi) is 4.90. The van der Waals surface area contributed by atoms with Crippen LogP contribution in [0.2, 0.25) is 10.0 Å². The van der Waals surface area contributed by atoms with E-state index in [4.69, 9.17) is 23.2 Å². The minimum atomic E-state index is -0.431. The van der Waals surface area contributed by atoms with Crippen molar-refractivity contribution in [2.24, 2.45) is 0 Å². The Morgan fingerprint density at radius 3 is 2.57 bits per heavy atom. The molecule has 0 saturated carbocycles. The van der Waals surface area contributed by atoms with Crippen molar-refractivity contribution in [1.29, 1.82) is 0 Å². The molecule has 0 radical (unpaired) electrons. The smallest absolute Gasteiger partial charge is 0.257 e. The lowest BCUT2D eigenvalue weighted by atomic mass is 10.0. The van der Waals surface area contributed by atoms with Crippen LogP contribution in [0.4, 0.5) is 5.69 Å². The van der Waals surface area contributed by atoms with E-state index in [1.54, 1.807) is 24.4 Å². The highest BCUT2D eigenvalue weighted by Crippen LogP contribution is 2.34. The van der Waals surface area contributed by atoms with E-state index in [0.29, 0.717) is 16.3 Å². The molecule has 0 unspecified atom stereocenters. The molecule has 28 heavy (non-hydrogen) atoms. The van der Waals surface area contributed by atoms with Gasteiger partial charge in [-0.2, -0.15) is 0 Å². The number of fused-ring (bicyclic) bond motifs is 1. The molecule has 1 aromatic heterocycles. The van der Waals surface area contributed by atoms with Crippen LogP contribution in [0.1, 0.15) is 10.4 Å². The van der Waals surface area contributed by atoms with E-state index in [1.165, 1.54) is 18.2 Å². The average Bonchev–Trinajstić information content (AvgIpc) is 2.71. The molecule has 0 aliphatic carbocycles. The molecule has 1 amide bonds. The fraction of sp³-hybridized carbons (Fsp3) is 0. The zero-order valence-corrected chi connectivity index (χ0v) is 16.0. The van der Waals surface area contributed by atoms with E-state index in [9.17, 15) is 9.90 Å². The number of pyridine rings is 1. The van der Waals surface area contributed by atoms with E-state index < -0.39 is 5.91 Å². The Labute approximate surface area is 171 Å². The zero-order chi connectivity index (χ0) is 19.7. The predicted octanol–water partition coefficient (Wildman–Crippen LogP) is 6.17. The van der Waals surface area contributed by atoms with Gasteiger partial charge in [0.15, 0.2) is 0 Å². The number of anilines is 1. The van der Waals surface area contributed by atoms with Gasteiger partial charge in [-0.25, -0.2) is 0 Å². The molecule has 1 heterocycles. The summed E-state index contributed by atoms with van der Waals surface area (Å²) in [5.74, 6) is -0.466. The Morgan fingerprint density at radius 2 is 1.71 bits per heavy atom. The fourth-order valence-electron chi connectivity index (χ4n) is 3.00. The van der Waals surface area contributed by atoms with Crippen LogP contribution in [0.3, 0.4) is 0 Å². The summed E-state index contributed by atoms with van der Waals surface area (Å²) in [6.45, 7) is 0. The van der Waals surface area contributed by atoms with E-state index in [0.717, 1.165) is 16.5 Å². The first-order valence-electron chi connectivity index (χ1n) is 8.46. The quantitative estimate of drug-likeness (QED) is 0.426. The predicted molar refractivity (Wildman–Crippen MR) is 113 cm³/mol. The van der Waals surface area contributed by atoms with E-state index in [2.05, 4.69) is 10.3 Å². The minimum Gasteiger partial charge on any atom is -0.508 e. The number of rotatable bonds is 3. The summed E-state index contributed by atoms with van der Waals surface area (Å²) in [7, 11) is 0. The number of carbonyl (C=O) groups is 1. The van der Waals surface area contributed by atoms with Crippen LogP contribution in [0.25, 0.3) is 22.0 Å². The van der Waals surface area contributed by atoms with Crippen molar-refractivity contribution >= 4 is 45.6 Å². The Balaban J connectivity index is 1.73. The standard InChI is InChI=1S/C22H14Cl2N2O2/c23-19-7-5-14(26-22(28)18-12-15(27)6-8-20(18)24)11-17(19)21-16-4-2-1-3-13(16)9-10-25-21/h1-12,27H,(H,26,28). The average molecular weight is 409 g/mol. The number of hydrogen-bond acceptors (Lipinski definition) is 3. The summed E-state index contributed by atoms with van der Waals surface area (Å²) >= 11 is 12.5. The summed E-state index contributed by atoms with van der Waals surface area (Å²) < 4.78 is 0. The maximum atomic E-state index is 12.6. The second kappa shape index (κ2) is 7.50. The van der Waals surface area contributed by atoms with E-state index in [-0.39, 0.29) is 16.3 Å². The Bertz CT molecular complexity index is 1200. The third-order valence-electron chi connectivity index (χ3n) is 4.35. The van der Waals surface area contributed by atoms with Crippen LogP contribution in [0, 0.1) is 0 Å². The van der Waals surface area contributed by atoms with Crippen molar-refractivity contribution in [2.45, 2.75) is 0 Å². The number of aromatic hydroxyl groups is 1. The number of benzene rings is 3. The van der Waals surface area contributed by atoms with Gasteiger partial charge in [0.05, 0.1) is 21.3 Å². The first-order chi connectivity index (χ1) is 13.5. The molecule has 0 fully saturated rings. The van der Waals surface area contributed by atoms with Gasteiger partial charge in [0, 0.05) is 22.8 Å². The van der Waals surface area contributed by atoms with E-state index in [1.807, 2.05) is 30.3 Å². The zero-order valence-electron chi connectivity index (χ0n) is 14.5. The van der Waals surface area contributed by atoms with Gasteiger partial charge in [-0.05, 0) is 47.9 Å². The third kappa shape index (κ3) is 3.52. The lowest BCUT2D eigenvalue weighted by molar-refractivity contribution is 0.102. The number of nitrogens with one attached hydrogen (secondary N) is 1. The number of nitrogens with zero attached hydrogens (tertiary/aromatic N) is 1. The molecule has 4 aromatic rings. The van der Waals surface area contributed by atoms with Crippen molar-refractivity contribution in [3.8, 4) is 17.0 Å². The van der Waals surface area contributed by atoms with Crippen LogP contribution in [0.5, 0.6) is 5.75 Å². The largest absolute Gasteiger partial charge is 0.508 e. The molecule has 0 saturated heterocycles. The van der Waals surface area contributed by atoms with Gasteiger partial charge in [-0.15, -0.1) is 0 Å². The SMILES string of the molecule is O=C(Nc1ccc(Cl)c(-c2nccc3ccccc23)c1)c1cc(O)ccc1Cl. The maximum Gasteiger partial charge on any atom is 0.257 e. The minimum absolute atomic E-state index is 0.0358. The van der Waals surface area contributed by atoms with Crippen LogP contribution in [-0.2, 0) is 0 Å². The monoisotopic (exact) mass is 408 g/mol. The molecule has 0 spiro atoms. The summed E-state index contributed by atoms with van der Waals surface area (Å²) in [5.41, 5.74) is 2.16. The highest BCUT2D eigenvalue weighted by Gasteiger charge is 2.14. The molecule has 0 bridgehead atoms. The maximum absolute atomic E-state index is 12.6. The molecule has 6 heteroatoms. The van der Waals surface area contributed by atoms with Gasteiger partial charge in [0.1, 0.15) is 5.75 Å². The van der Waals surface area contributed by atoms with Gasteiger partial charge >= 0.3 is 0 Å². The van der Waals surface area contributed by atoms with Gasteiger partial charge in [0.2, 0.25) is 0 Å². The molecule has 0 aliphatic rings. The number of phenolic OH excluding ortho intramolecular Hbond substituents is 1. The molecule has 3 aromatic carbocycles. The molecule has 0 aliphatic heterocycles. The number of hydrogen-bond donors (Lipinski definition) is 2. The Morgan fingerprint density at radius 1 is 0.929 bits per heavy atom. The molecule has 0 atom stereocenters. The summed E-state index contributed by atoms with van der Waals surface area (Å²) in [6, 6.07) is 19.2. The second-order valence-corrected chi connectivity index (χ2v) is 7.01. The number of aromatic nitrogens is 1. The molecule has 4 nitrogen and oxygen atoms in total. The van der Waals surface area contributed by atoms with Crippen LogP contribution in [0.15, 0.2) is 72.9 Å². The van der Waals surface area contributed by atoms with Gasteiger partial charge in [-0.3, -0.25) is 9.78 Å². The van der Waals surface area contributed by atoms with Crippen molar-refractivity contribution in [1.82, 2.24) is 4.98 Å².